The zero-order valence-corrected chi connectivity index (χ0v) is 12.7. The molecule has 0 fully saturated rings. The third kappa shape index (κ3) is 4.41. The van der Waals surface area contributed by atoms with Crippen molar-refractivity contribution in [2.75, 3.05) is 6.54 Å². The first-order chi connectivity index (χ1) is 9.85. The molecule has 1 N–H and O–H groups in total. The van der Waals surface area contributed by atoms with Crippen LogP contribution in [0.2, 0.25) is 0 Å². The Bertz CT molecular complexity index is 698. The average Bonchev–Trinajstić information content (AvgIpc) is 2.36. The van der Waals surface area contributed by atoms with Crippen molar-refractivity contribution in [3.63, 3.8) is 0 Å². The monoisotopic (exact) mass is 343 g/mol. The zero-order valence-electron chi connectivity index (χ0n) is 11.8. The summed E-state index contributed by atoms with van der Waals surface area (Å²) in [6.45, 7) is 3.71. The lowest BCUT2D eigenvalue weighted by molar-refractivity contribution is -0.153. The molecule has 124 valence electrons. The molecule has 0 aliphatic rings. The molecule has 0 amide bonds. The highest BCUT2D eigenvalue weighted by atomic mass is 32.2. The quantitative estimate of drug-likeness (QED) is 0.392. The van der Waals surface area contributed by atoms with Gasteiger partial charge in [0, 0.05) is 6.07 Å². The van der Waals surface area contributed by atoms with E-state index in [1.54, 1.807) is 4.72 Å². The van der Waals surface area contributed by atoms with Crippen LogP contribution in [0.1, 0.15) is 20.8 Å². The molecule has 0 unspecified atom stereocenters. The third-order valence-electron chi connectivity index (χ3n) is 2.19. The molecule has 0 aliphatic heterocycles. The minimum atomic E-state index is -4.78. The summed E-state index contributed by atoms with van der Waals surface area (Å²) in [5.74, 6) is -9.35. The Morgan fingerprint density at radius 3 is 2.18 bits per heavy atom. The van der Waals surface area contributed by atoms with Gasteiger partial charge in [0.05, 0.1) is 0 Å². The molecule has 0 aromatic heterocycles. The minimum absolute atomic E-state index is 0.0226. The van der Waals surface area contributed by atoms with Gasteiger partial charge in [0.25, 0.3) is 0 Å². The van der Waals surface area contributed by atoms with Crippen LogP contribution in [0.5, 0.6) is 0 Å². The van der Waals surface area contributed by atoms with Crippen molar-refractivity contribution in [1.29, 1.82) is 0 Å². The van der Waals surface area contributed by atoms with Gasteiger partial charge in [-0.2, -0.15) is 4.72 Å². The van der Waals surface area contributed by atoms with Crippen molar-refractivity contribution in [1.82, 2.24) is 4.72 Å². The molecule has 0 saturated carbocycles. The van der Waals surface area contributed by atoms with Crippen LogP contribution in [0.15, 0.2) is 11.0 Å². The van der Waals surface area contributed by atoms with Crippen molar-refractivity contribution in [3.05, 3.63) is 29.3 Å². The van der Waals surface area contributed by atoms with Crippen LogP contribution in [0.25, 0.3) is 0 Å². The first kappa shape index (κ1) is 18.4. The second-order valence-corrected chi connectivity index (χ2v) is 6.94. The number of esters is 1. The minimum Gasteiger partial charge on any atom is -0.459 e. The number of sulfonamides is 1. The van der Waals surface area contributed by atoms with Crippen LogP contribution in [0.4, 0.5) is 17.6 Å². The Balaban J connectivity index is 3.00. The zero-order chi connectivity index (χ0) is 17.3. The highest BCUT2D eigenvalue weighted by Gasteiger charge is 2.28. The Labute approximate surface area is 124 Å². The summed E-state index contributed by atoms with van der Waals surface area (Å²) in [4.78, 5) is 9.91. The van der Waals surface area contributed by atoms with Gasteiger partial charge in [0.2, 0.25) is 10.0 Å². The van der Waals surface area contributed by atoms with E-state index in [-0.39, 0.29) is 6.07 Å². The number of halogens is 4. The molecule has 0 bridgehead atoms. The number of hydrogen-bond acceptors (Lipinski definition) is 4. The van der Waals surface area contributed by atoms with Crippen LogP contribution in [-0.2, 0) is 19.6 Å². The molecule has 0 spiro atoms. The van der Waals surface area contributed by atoms with Gasteiger partial charge in [-0.3, -0.25) is 4.79 Å². The van der Waals surface area contributed by atoms with Gasteiger partial charge in [0.1, 0.15) is 17.0 Å². The Morgan fingerprint density at radius 2 is 1.68 bits per heavy atom. The average molecular weight is 343 g/mol. The lowest BCUT2D eigenvalue weighted by Gasteiger charge is -2.19. The van der Waals surface area contributed by atoms with E-state index in [1.807, 2.05) is 0 Å². The molecule has 0 atom stereocenters. The van der Waals surface area contributed by atoms with E-state index in [1.165, 1.54) is 20.8 Å². The fourth-order valence-corrected chi connectivity index (χ4v) is 2.40. The van der Waals surface area contributed by atoms with E-state index in [9.17, 15) is 30.8 Å². The predicted octanol–water partition coefficient (Wildman–Crippen LogP) is 1.86. The van der Waals surface area contributed by atoms with Crippen molar-refractivity contribution in [2.45, 2.75) is 31.3 Å². The Kier molecular flexibility index (Phi) is 5.18. The summed E-state index contributed by atoms with van der Waals surface area (Å²) < 4.78 is 82.1. The van der Waals surface area contributed by atoms with Gasteiger partial charge in [0.15, 0.2) is 23.3 Å². The molecule has 1 aromatic rings. The van der Waals surface area contributed by atoms with Crippen molar-refractivity contribution < 1.29 is 35.5 Å². The van der Waals surface area contributed by atoms with Gasteiger partial charge in [-0.25, -0.2) is 26.0 Å². The van der Waals surface area contributed by atoms with Gasteiger partial charge < -0.3 is 4.74 Å². The maximum atomic E-state index is 13.4. The lowest BCUT2D eigenvalue weighted by Crippen LogP contribution is -2.35. The molecule has 1 aromatic carbocycles. The fourth-order valence-electron chi connectivity index (χ4n) is 1.36. The Hall–Kier alpha value is -1.68. The smallest absolute Gasteiger partial charge is 0.321 e. The van der Waals surface area contributed by atoms with Crippen LogP contribution in [0, 0.1) is 23.3 Å². The summed E-state index contributed by atoms with van der Waals surface area (Å²) in [7, 11) is -4.78. The van der Waals surface area contributed by atoms with Crippen molar-refractivity contribution in [2.24, 2.45) is 0 Å². The highest BCUT2D eigenvalue weighted by molar-refractivity contribution is 7.89. The molecule has 0 heterocycles. The standard InChI is InChI=1S/C12H13F4NO4S/c1-12(2,3)21-8(18)5-17-22(19,20)7-4-6(13)9(14)11(16)10(7)15/h4,17H,5H2,1-3H3. The topological polar surface area (TPSA) is 72.5 Å². The van der Waals surface area contributed by atoms with Gasteiger partial charge in [-0.05, 0) is 20.8 Å². The molecule has 22 heavy (non-hydrogen) atoms. The molecule has 10 heteroatoms. The number of nitrogens with one attached hydrogen (secondary N) is 1. The van der Waals surface area contributed by atoms with E-state index in [0.717, 1.165) is 0 Å². The van der Waals surface area contributed by atoms with Crippen LogP contribution >= 0.6 is 0 Å². The summed E-state index contributed by atoms with van der Waals surface area (Å²) in [6.07, 6.45) is 0. The lowest BCUT2D eigenvalue weighted by atomic mass is 10.2. The largest absolute Gasteiger partial charge is 0.459 e. The van der Waals surface area contributed by atoms with Gasteiger partial charge >= 0.3 is 5.97 Å². The van der Waals surface area contributed by atoms with E-state index in [0.29, 0.717) is 0 Å². The van der Waals surface area contributed by atoms with Crippen LogP contribution in [0.3, 0.4) is 0 Å². The Morgan fingerprint density at radius 1 is 1.14 bits per heavy atom. The van der Waals surface area contributed by atoms with Crippen LogP contribution in [-0.4, -0.2) is 26.5 Å². The van der Waals surface area contributed by atoms with Gasteiger partial charge in [-0.1, -0.05) is 0 Å². The molecule has 1 rings (SSSR count). The molecular formula is C12H13F4NO4S. The number of benzene rings is 1. The third-order valence-corrected chi connectivity index (χ3v) is 3.59. The first-order valence-electron chi connectivity index (χ1n) is 5.89. The summed E-state index contributed by atoms with van der Waals surface area (Å²) >= 11 is 0. The number of carbonyl (C=O) groups is 1. The first-order valence-corrected chi connectivity index (χ1v) is 7.38. The van der Waals surface area contributed by atoms with E-state index in [2.05, 4.69) is 0 Å². The second kappa shape index (κ2) is 6.21. The van der Waals surface area contributed by atoms with Gasteiger partial charge in [-0.15, -0.1) is 0 Å². The summed E-state index contributed by atoms with van der Waals surface area (Å²) in [6, 6.07) is -0.0226. The molecule has 0 saturated heterocycles. The number of carbonyl (C=O) groups excluding carboxylic acids is 1. The molecule has 0 aliphatic carbocycles. The normalized spacial score (nSPS) is 12.3. The second-order valence-electron chi connectivity index (χ2n) is 5.21. The molecule has 0 radical (unpaired) electrons. The molecule has 5 nitrogen and oxygen atoms in total. The molecular weight excluding hydrogens is 330 g/mol. The number of ether oxygens (including phenoxy) is 1. The van der Waals surface area contributed by atoms with E-state index < -0.39 is 56.3 Å². The fraction of sp³-hybridized carbons (Fsp3) is 0.417. The summed E-state index contributed by atoms with van der Waals surface area (Å²) in [5.41, 5.74) is -0.887. The number of hydrogen-bond donors (Lipinski definition) is 1. The number of rotatable bonds is 4. The highest BCUT2D eigenvalue weighted by Crippen LogP contribution is 2.22. The van der Waals surface area contributed by atoms with Crippen molar-refractivity contribution >= 4 is 16.0 Å². The summed E-state index contributed by atoms with van der Waals surface area (Å²) in [5, 5.41) is 0. The van der Waals surface area contributed by atoms with E-state index in [4.69, 9.17) is 4.74 Å². The maximum Gasteiger partial charge on any atom is 0.321 e. The van der Waals surface area contributed by atoms with Crippen molar-refractivity contribution in [3.8, 4) is 0 Å². The SMILES string of the molecule is CC(C)(C)OC(=O)CNS(=O)(=O)c1cc(F)c(F)c(F)c1F. The van der Waals surface area contributed by atoms with Crippen LogP contribution < -0.4 is 4.72 Å². The van der Waals surface area contributed by atoms with E-state index >= 15 is 0 Å². The maximum absolute atomic E-state index is 13.4. The predicted molar refractivity (Wildman–Crippen MR) is 67.3 cm³/mol.